The second-order valence-electron chi connectivity index (χ2n) is 5.70. The topological polar surface area (TPSA) is 63.9 Å². The van der Waals surface area contributed by atoms with E-state index in [1.807, 2.05) is 60.7 Å². The molecule has 0 bridgehead atoms. The summed E-state index contributed by atoms with van der Waals surface area (Å²) in [4.78, 5) is 1.00. The first-order chi connectivity index (χ1) is 12.3. The molecule has 4 aromatic rings. The van der Waals surface area contributed by atoms with Crippen LogP contribution in [0.25, 0.3) is 22.2 Å². The number of rotatable bonds is 5. The minimum atomic E-state index is 0.541. The van der Waals surface area contributed by atoms with Crippen molar-refractivity contribution in [3.63, 3.8) is 0 Å². The van der Waals surface area contributed by atoms with Crippen LogP contribution in [0.3, 0.4) is 0 Å². The maximum Gasteiger partial charge on any atom is 0.120 e. The molecule has 0 saturated heterocycles. The molecule has 25 heavy (non-hydrogen) atoms. The van der Waals surface area contributed by atoms with E-state index in [4.69, 9.17) is 9.88 Å². The van der Waals surface area contributed by atoms with Gasteiger partial charge in [-0.1, -0.05) is 42.5 Å². The van der Waals surface area contributed by atoms with Crippen LogP contribution in [-0.4, -0.2) is 10.2 Å². The Morgan fingerprint density at radius 2 is 1.84 bits per heavy atom. The number of hydrogen-bond donors (Lipinski definition) is 2. The Labute approximate surface area is 150 Å². The second-order valence-corrected chi connectivity index (χ2v) is 6.41. The highest BCUT2D eigenvalue weighted by Gasteiger charge is 2.10. The number of nitrogens with zero attached hydrogens (tertiary/aromatic N) is 1. The monoisotopic (exact) mass is 347 g/mol. The zero-order valence-corrected chi connectivity index (χ0v) is 14.3. The number of ether oxygens (including phenoxy) is 1. The number of fused-ring (bicyclic) bond motifs is 1. The fourth-order valence-electron chi connectivity index (χ4n) is 2.76. The molecule has 1 heterocycles. The number of aromatic amines is 1. The molecule has 0 fully saturated rings. The molecule has 0 saturated carbocycles. The van der Waals surface area contributed by atoms with Crippen LogP contribution in [0.4, 0.5) is 0 Å². The van der Waals surface area contributed by atoms with E-state index in [2.05, 4.69) is 22.3 Å². The lowest BCUT2D eigenvalue weighted by atomic mass is 10.1. The summed E-state index contributed by atoms with van der Waals surface area (Å²) in [6.07, 6.45) is 0. The predicted octanol–water partition coefficient (Wildman–Crippen LogP) is 4.77. The van der Waals surface area contributed by atoms with Crippen molar-refractivity contribution in [1.29, 1.82) is 0 Å². The Bertz CT molecular complexity index is 998. The maximum absolute atomic E-state index is 5.94. The van der Waals surface area contributed by atoms with Gasteiger partial charge >= 0.3 is 0 Å². The van der Waals surface area contributed by atoms with Crippen molar-refractivity contribution in [3.8, 4) is 17.0 Å². The van der Waals surface area contributed by atoms with Gasteiger partial charge < -0.3 is 4.74 Å². The molecule has 0 amide bonds. The fourth-order valence-corrected chi connectivity index (χ4v) is 3.11. The van der Waals surface area contributed by atoms with E-state index in [1.54, 1.807) is 0 Å². The molecule has 0 unspecified atom stereocenters. The summed E-state index contributed by atoms with van der Waals surface area (Å²) in [5, 5.41) is 14.3. The first-order valence-electron chi connectivity index (χ1n) is 7.95. The number of nitrogens with one attached hydrogen (secondary N) is 1. The van der Waals surface area contributed by atoms with Crippen molar-refractivity contribution in [2.75, 3.05) is 0 Å². The van der Waals surface area contributed by atoms with E-state index in [9.17, 15) is 0 Å². The van der Waals surface area contributed by atoms with Gasteiger partial charge in [0.2, 0.25) is 0 Å². The summed E-state index contributed by atoms with van der Waals surface area (Å²) in [6.45, 7) is 0.541. The molecule has 0 aliphatic heterocycles. The summed E-state index contributed by atoms with van der Waals surface area (Å²) >= 11 is 1.23. The van der Waals surface area contributed by atoms with Crippen molar-refractivity contribution in [2.45, 2.75) is 11.5 Å². The number of aromatic nitrogens is 2. The van der Waals surface area contributed by atoms with Crippen LogP contribution in [-0.2, 0) is 6.61 Å². The van der Waals surface area contributed by atoms with Gasteiger partial charge in [-0.25, -0.2) is 0 Å². The van der Waals surface area contributed by atoms with Crippen LogP contribution in [0.15, 0.2) is 77.7 Å². The zero-order chi connectivity index (χ0) is 17.1. The summed E-state index contributed by atoms with van der Waals surface area (Å²) in [5.41, 5.74) is 4.05. The third-order valence-corrected chi connectivity index (χ3v) is 4.55. The summed E-state index contributed by atoms with van der Waals surface area (Å²) in [7, 11) is 0. The molecule has 4 rings (SSSR count). The van der Waals surface area contributed by atoms with Gasteiger partial charge in [-0.05, 0) is 47.8 Å². The van der Waals surface area contributed by atoms with Crippen molar-refractivity contribution in [3.05, 3.63) is 78.4 Å². The van der Waals surface area contributed by atoms with Crippen molar-refractivity contribution < 1.29 is 4.74 Å². The van der Waals surface area contributed by atoms with Crippen LogP contribution in [0, 0.1) is 0 Å². The standard InChI is InChI=1S/C20H17N3OS/c21-25-17-8-4-7-15(11-17)20-18-12-16(9-10-19(18)22-23-20)24-13-14-5-2-1-3-6-14/h1-12H,13,21H2,(H,22,23). The Morgan fingerprint density at radius 1 is 0.960 bits per heavy atom. The minimum Gasteiger partial charge on any atom is -0.489 e. The van der Waals surface area contributed by atoms with Gasteiger partial charge in [0.05, 0.1) is 5.52 Å². The second kappa shape index (κ2) is 7.01. The number of benzene rings is 3. The highest BCUT2D eigenvalue weighted by molar-refractivity contribution is 7.97. The molecule has 0 spiro atoms. The highest BCUT2D eigenvalue weighted by atomic mass is 32.2. The Hall–Kier alpha value is -2.76. The molecule has 3 aromatic carbocycles. The molecular weight excluding hydrogens is 330 g/mol. The van der Waals surface area contributed by atoms with Crippen molar-refractivity contribution in [1.82, 2.24) is 10.2 Å². The molecule has 1 aromatic heterocycles. The molecule has 0 radical (unpaired) electrons. The Morgan fingerprint density at radius 3 is 2.68 bits per heavy atom. The van der Waals surface area contributed by atoms with Gasteiger partial charge in [0.15, 0.2) is 0 Å². The Balaban J connectivity index is 1.65. The number of hydrogen-bond acceptors (Lipinski definition) is 4. The van der Waals surface area contributed by atoms with E-state index in [-0.39, 0.29) is 0 Å². The summed E-state index contributed by atoms with van der Waals surface area (Å²) in [5.74, 6) is 0.823. The lowest BCUT2D eigenvalue weighted by molar-refractivity contribution is 0.306. The molecule has 0 aliphatic rings. The molecule has 0 aliphatic carbocycles. The van der Waals surface area contributed by atoms with Crippen LogP contribution in [0.2, 0.25) is 0 Å². The van der Waals surface area contributed by atoms with Crippen molar-refractivity contribution in [2.24, 2.45) is 5.14 Å². The van der Waals surface area contributed by atoms with Gasteiger partial charge in [-0.2, -0.15) is 5.10 Å². The van der Waals surface area contributed by atoms with Crippen LogP contribution in [0.1, 0.15) is 5.56 Å². The van der Waals surface area contributed by atoms with E-state index in [0.29, 0.717) is 6.61 Å². The first kappa shape index (κ1) is 15.7. The molecule has 5 heteroatoms. The van der Waals surface area contributed by atoms with Gasteiger partial charge in [0.1, 0.15) is 18.1 Å². The molecular formula is C20H17N3OS. The van der Waals surface area contributed by atoms with E-state index in [1.165, 1.54) is 11.9 Å². The van der Waals surface area contributed by atoms with E-state index >= 15 is 0 Å². The lowest BCUT2D eigenvalue weighted by Crippen LogP contribution is -1.94. The SMILES string of the molecule is NSc1cccc(-c2n[nH]c3ccc(OCc4ccccc4)cc23)c1. The van der Waals surface area contributed by atoms with Gasteiger partial charge in [0.25, 0.3) is 0 Å². The van der Waals surface area contributed by atoms with Gasteiger partial charge in [-0.15, -0.1) is 0 Å². The Kier molecular flexibility index (Phi) is 4.41. The number of nitrogens with two attached hydrogens (primary N) is 1. The van der Waals surface area contributed by atoms with Gasteiger partial charge in [-0.3, -0.25) is 10.2 Å². The molecule has 4 nitrogen and oxygen atoms in total. The van der Waals surface area contributed by atoms with Crippen LogP contribution >= 0.6 is 11.9 Å². The molecule has 0 atom stereocenters. The quantitative estimate of drug-likeness (QED) is 0.510. The zero-order valence-electron chi connectivity index (χ0n) is 13.5. The lowest BCUT2D eigenvalue weighted by Gasteiger charge is -2.07. The molecule has 124 valence electrons. The normalized spacial score (nSPS) is 10.9. The number of H-pyrrole nitrogens is 1. The third kappa shape index (κ3) is 3.38. The fraction of sp³-hybridized carbons (Fsp3) is 0.0500. The largest absolute Gasteiger partial charge is 0.489 e. The predicted molar refractivity (Wildman–Crippen MR) is 102 cm³/mol. The van der Waals surface area contributed by atoms with E-state index in [0.717, 1.165) is 38.4 Å². The van der Waals surface area contributed by atoms with Crippen molar-refractivity contribution >= 4 is 22.9 Å². The molecule has 3 N–H and O–H groups in total. The van der Waals surface area contributed by atoms with E-state index < -0.39 is 0 Å². The maximum atomic E-state index is 5.94. The third-order valence-electron chi connectivity index (χ3n) is 4.03. The highest BCUT2D eigenvalue weighted by Crippen LogP contribution is 2.31. The van der Waals surface area contributed by atoms with Crippen LogP contribution in [0.5, 0.6) is 5.75 Å². The smallest absolute Gasteiger partial charge is 0.120 e. The average Bonchev–Trinajstić information content (AvgIpc) is 3.10. The summed E-state index contributed by atoms with van der Waals surface area (Å²) < 4.78 is 5.94. The summed E-state index contributed by atoms with van der Waals surface area (Å²) in [6, 6.07) is 24.2. The van der Waals surface area contributed by atoms with Gasteiger partial charge in [0, 0.05) is 15.8 Å². The first-order valence-corrected chi connectivity index (χ1v) is 8.83. The van der Waals surface area contributed by atoms with Crippen LogP contribution < -0.4 is 9.88 Å². The minimum absolute atomic E-state index is 0.541. The average molecular weight is 347 g/mol.